The van der Waals surface area contributed by atoms with E-state index in [0.717, 1.165) is 67.8 Å². The number of nitrogens with zero attached hydrogens (tertiary/aromatic N) is 2. The van der Waals surface area contributed by atoms with Crippen LogP contribution in [0.5, 0.6) is 5.75 Å². The van der Waals surface area contributed by atoms with Gasteiger partial charge in [-0.1, -0.05) is 81.3 Å². The lowest BCUT2D eigenvalue weighted by molar-refractivity contribution is 0.475. The molecule has 4 aromatic carbocycles. The Kier molecular flexibility index (Phi) is 12.5. The maximum Gasteiger partial charge on any atom is 0.115 e. The molecule has 4 rings (SSSR count). The van der Waals surface area contributed by atoms with Crippen molar-refractivity contribution in [3.8, 4) is 5.75 Å². The molecule has 0 aliphatic rings. The van der Waals surface area contributed by atoms with Gasteiger partial charge in [-0.3, -0.25) is 4.99 Å². The summed E-state index contributed by atoms with van der Waals surface area (Å²) in [7, 11) is 1.81. The minimum absolute atomic E-state index is 0.236. The summed E-state index contributed by atoms with van der Waals surface area (Å²) in [5, 5.41) is 13.0. The van der Waals surface area contributed by atoms with E-state index in [1.807, 2.05) is 38.1 Å². The highest BCUT2D eigenvalue weighted by Gasteiger charge is 2.19. The van der Waals surface area contributed by atoms with Gasteiger partial charge in [0.25, 0.3) is 0 Å². The molecule has 4 nitrogen and oxygen atoms in total. The van der Waals surface area contributed by atoms with Crippen LogP contribution in [0.3, 0.4) is 0 Å². The lowest BCUT2D eigenvalue weighted by Crippen LogP contribution is -2.32. The third-order valence-electron chi connectivity index (χ3n) is 6.98. The van der Waals surface area contributed by atoms with Crippen molar-refractivity contribution < 1.29 is 5.11 Å². The van der Waals surface area contributed by atoms with Crippen LogP contribution in [0.4, 0.5) is 5.69 Å². The molecule has 5 heteroatoms. The van der Waals surface area contributed by atoms with Gasteiger partial charge in [0, 0.05) is 42.0 Å². The molecule has 0 aromatic heterocycles. The molecular weight excluding hydrogens is 514 g/mol. The number of phenolic OH excluding ortho intramolecular Hbond substituents is 1. The summed E-state index contributed by atoms with van der Waals surface area (Å²) in [5.41, 5.74) is 11.1. The van der Waals surface area contributed by atoms with Crippen molar-refractivity contribution in [1.82, 2.24) is 0 Å². The van der Waals surface area contributed by atoms with Crippen molar-refractivity contribution >= 4 is 33.8 Å². The molecule has 0 bridgehead atoms. The second-order valence-electron chi connectivity index (χ2n) is 10.1. The molecule has 0 amide bonds. The Morgan fingerprint density at radius 2 is 1.62 bits per heavy atom. The van der Waals surface area contributed by atoms with Crippen molar-refractivity contribution in [2.24, 2.45) is 16.6 Å². The molecular formula is C35H44ClN3O. The van der Waals surface area contributed by atoms with E-state index in [1.54, 1.807) is 19.2 Å². The van der Waals surface area contributed by atoms with Gasteiger partial charge in [0.1, 0.15) is 5.75 Å². The molecule has 0 fully saturated rings. The highest BCUT2D eigenvalue weighted by molar-refractivity contribution is 6.31. The second-order valence-corrected chi connectivity index (χ2v) is 10.5. The smallest absolute Gasteiger partial charge is 0.115 e. The summed E-state index contributed by atoms with van der Waals surface area (Å²) in [5.74, 6) is 0.671. The predicted octanol–water partition coefficient (Wildman–Crippen LogP) is 8.51. The normalized spacial score (nSPS) is 12.1. The summed E-state index contributed by atoms with van der Waals surface area (Å²) in [6.07, 6.45) is 4.20. The van der Waals surface area contributed by atoms with Gasteiger partial charge >= 0.3 is 0 Å². The Bertz CT molecular complexity index is 1370. The lowest BCUT2D eigenvalue weighted by Gasteiger charge is -2.31. The topological polar surface area (TPSA) is 61.9 Å². The van der Waals surface area contributed by atoms with Gasteiger partial charge < -0.3 is 15.7 Å². The average Bonchev–Trinajstić information content (AvgIpc) is 2.97. The Morgan fingerprint density at radius 1 is 0.900 bits per heavy atom. The number of hydrogen-bond donors (Lipinski definition) is 2. The number of aromatic hydroxyl groups is 1. The molecule has 0 aliphatic carbocycles. The third kappa shape index (κ3) is 8.58. The zero-order valence-electron chi connectivity index (χ0n) is 24.4. The molecule has 0 radical (unpaired) electrons. The largest absolute Gasteiger partial charge is 0.508 e. The molecule has 0 spiro atoms. The first kappa shape index (κ1) is 31.2. The summed E-state index contributed by atoms with van der Waals surface area (Å²) in [6, 6.07) is 28.6. The minimum atomic E-state index is 0.236. The van der Waals surface area contributed by atoms with Gasteiger partial charge in [-0.2, -0.15) is 0 Å². The SMILES string of the molecule is CC.CN=C(c1ccc(O)cc1)c1cc(Cl)ccc1N(CCCCCN)CC(C)Cc1ccc2ccccc2c1. The molecule has 40 heavy (non-hydrogen) atoms. The molecule has 1 atom stereocenters. The number of halogens is 1. The third-order valence-corrected chi connectivity index (χ3v) is 7.22. The Balaban J connectivity index is 0.00000216. The Morgan fingerprint density at radius 3 is 2.33 bits per heavy atom. The van der Waals surface area contributed by atoms with E-state index in [1.165, 1.54) is 16.3 Å². The molecule has 4 aromatic rings. The monoisotopic (exact) mass is 557 g/mol. The molecule has 1 unspecified atom stereocenters. The van der Waals surface area contributed by atoms with Gasteiger partial charge in [0.15, 0.2) is 0 Å². The summed E-state index contributed by atoms with van der Waals surface area (Å²) in [4.78, 5) is 7.15. The fourth-order valence-electron chi connectivity index (χ4n) is 5.14. The van der Waals surface area contributed by atoms with E-state index in [0.29, 0.717) is 10.9 Å². The first-order chi connectivity index (χ1) is 19.5. The first-order valence-corrected chi connectivity index (χ1v) is 14.8. The number of benzene rings is 4. The Hall–Kier alpha value is -3.34. The number of hydrogen-bond acceptors (Lipinski definition) is 4. The van der Waals surface area contributed by atoms with Gasteiger partial charge in [0.2, 0.25) is 0 Å². The predicted molar refractivity (Wildman–Crippen MR) is 174 cm³/mol. The van der Waals surface area contributed by atoms with Gasteiger partial charge in [0.05, 0.1) is 5.71 Å². The van der Waals surface area contributed by atoms with Crippen LogP contribution >= 0.6 is 11.6 Å². The standard InChI is InChI=1S/C33H38ClN3O.C2H6/c1-24(20-25-10-11-26-8-4-5-9-28(26)21-25)23-37(19-7-3-6-18-35)32-17-14-29(34)22-31(32)33(36-2)27-12-15-30(38)16-13-27;1-2/h4-5,8-17,21-22,24,38H,3,6-7,18-20,23,35H2,1-2H3;1-2H3. The van der Waals surface area contributed by atoms with Crippen LogP contribution in [0, 0.1) is 5.92 Å². The highest BCUT2D eigenvalue weighted by Crippen LogP contribution is 2.30. The summed E-state index contributed by atoms with van der Waals surface area (Å²) in [6.45, 7) is 8.89. The number of rotatable bonds is 12. The maximum atomic E-state index is 9.81. The van der Waals surface area contributed by atoms with Crippen molar-refractivity contribution in [3.63, 3.8) is 0 Å². The van der Waals surface area contributed by atoms with E-state index in [2.05, 4.69) is 65.3 Å². The maximum absolute atomic E-state index is 9.81. The highest BCUT2D eigenvalue weighted by atomic mass is 35.5. The lowest BCUT2D eigenvalue weighted by atomic mass is 9.96. The van der Waals surface area contributed by atoms with Crippen LogP contribution < -0.4 is 10.6 Å². The quantitative estimate of drug-likeness (QED) is 0.135. The number of unbranched alkanes of at least 4 members (excludes halogenated alkanes) is 2. The van der Waals surface area contributed by atoms with Gasteiger partial charge in [-0.25, -0.2) is 0 Å². The van der Waals surface area contributed by atoms with E-state index >= 15 is 0 Å². The fourth-order valence-corrected chi connectivity index (χ4v) is 5.31. The first-order valence-electron chi connectivity index (χ1n) is 14.5. The van der Waals surface area contributed by atoms with E-state index < -0.39 is 0 Å². The van der Waals surface area contributed by atoms with E-state index in [-0.39, 0.29) is 5.75 Å². The molecule has 3 N–H and O–H groups in total. The van der Waals surface area contributed by atoms with Crippen LogP contribution in [-0.2, 0) is 6.42 Å². The van der Waals surface area contributed by atoms with Crippen LogP contribution in [0.1, 0.15) is 56.7 Å². The van der Waals surface area contributed by atoms with Gasteiger partial charge in [-0.05, 0) is 90.5 Å². The number of anilines is 1. The van der Waals surface area contributed by atoms with E-state index in [9.17, 15) is 5.11 Å². The van der Waals surface area contributed by atoms with Crippen molar-refractivity contribution in [2.45, 2.75) is 46.5 Å². The van der Waals surface area contributed by atoms with Crippen LogP contribution in [-0.4, -0.2) is 37.5 Å². The summed E-state index contributed by atoms with van der Waals surface area (Å²) >= 11 is 6.51. The number of nitrogens with two attached hydrogens (primary N) is 1. The van der Waals surface area contributed by atoms with Crippen molar-refractivity contribution in [1.29, 1.82) is 0 Å². The minimum Gasteiger partial charge on any atom is -0.508 e. The van der Waals surface area contributed by atoms with Crippen molar-refractivity contribution in [3.05, 3.63) is 107 Å². The molecule has 0 saturated heterocycles. The van der Waals surface area contributed by atoms with Crippen molar-refractivity contribution in [2.75, 3.05) is 31.6 Å². The molecule has 0 heterocycles. The second kappa shape index (κ2) is 16.1. The zero-order valence-corrected chi connectivity index (χ0v) is 25.2. The molecule has 212 valence electrons. The number of aliphatic imine (C=N–C) groups is 1. The average molecular weight is 558 g/mol. The van der Waals surface area contributed by atoms with Crippen LogP contribution in [0.25, 0.3) is 10.8 Å². The Labute approximate surface area is 245 Å². The molecule has 0 saturated carbocycles. The van der Waals surface area contributed by atoms with E-state index in [4.69, 9.17) is 17.3 Å². The van der Waals surface area contributed by atoms with Crippen LogP contribution in [0.2, 0.25) is 5.02 Å². The summed E-state index contributed by atoms with van der Waals surface area (Å²) < 4.78 is 0. The molecule has 0 aliphatic heterocycles. The number of fused-ring (bicyclic) bond motifs is 1. The van der Waals surface area contributed by atoms with Crippen LogP contribution in [0.15, 0.2) is 89.9 Å². The van der Waals surface area contributed by atoms with Gasteiger partial charge in [-0.15, -0.1) is 0 Å². The fraction of sp³-hybridized carbons (Fsp3) is 0.343. The number of phenols is 1. The zero-order chi connectivity index (χ0) is 28.9.